The summed E-state index contributed by atoms with van der Waals surface area (Å²) >= 11 is 1.89. The second kappa shape index (κ2) is 7.71. The average Bonchev–Trinajstić information content (AvgIpc) is 2.34. The first-order valence-electron chi connectivity index (χ1n) is 5.70. The summed E-state index contributed by atoms with van der Waals surface area (Å²) in [5.41, 5.74) is 7.20. The molecule has 0 aliphatic carbocycles. The van der Waals surface area contributed by atoms with Gasteiger partial charge in [0.05, 0.1) is 0 Å². The van der Waals surface area contributed by atoms with Crippen molar-refractivity contribution in [1.29, 1.82) is 0 Å². The van der Waals surface area contributed by atoms with Crippen LogP contribution in [0.3, 0.4) is 0 Å². The predicted octanol–water partition coefficient (Wildman–Crippen LogP) is 2.02. The SMILES string of the molecule is CSCCN(C)CC(CN)c1ccccc1. The predicted molar refractivity (Wildman–Crippen MR) is 74.1 cm³/mol. The Morgan fingerprint density at radius 2 is 2.00 bits per heavy atom. The highest BCUT2D eigenvalue weighted by Crippen LogP contribution is 2.15. The van der Waals surface area contributed by atoms with Gasteiger partial charge in [-0.25, -0.2) is 0 Å². The molecule has 0 fully saturated rings. The molecule has 1 unspecified atom stereocenters. The Labute approximate surface area is 103 Å². The summed E-state index contributed by atoms with van der Waals surface area (Å²) in [6, 6.07) is 10.5. The van der Waals surface area contributed by atoms with Crippen LogP contribution in [0.4, 0.5) is 0 Å². The van der Waals surface area contributed by atoms with E-state index in [0.717, 1.165) is 13.1 Å². The van der Waals surface area contributed by atoms with E-state index in [1.165, 1.54) is 11.3 Å². The van der Waals surface area contributed by atoms with Crippen LogP contribution in [0, 0.1) is 0 Å². The second-order valence-electron chi connectivity index (χ2n) is 4.10. The number of rotatable bonds is 7. The molecule has 0 heterocycles. The summed E-state index contributed by atoms with van der Waals surface area (Å²) in [4.78, 5) is 2.36. The highest BCUT2D eigenvalue weighted by molar-refractivity contribution is 7.98. The molecule has 1 aromatic carbocycles. The van der Waals surface area contributed by atoms with Crippen molar-refractivity contribution in [3.8, 4) is 0 Å². The van der Waals surface area contributed by atoms with E-state index in [1.54, 1.807) is 0 Å². The highest BCUT2D eigenvalue weighted by atomic mass is 32.2. The number of thioether (sulfide) groups is 1. The first-order valence-corrected chi connectivity index (χ1v) is 7.09. The van der Waals surface area contributed by atoms with Gasteiger partial charge in [0, 0.05) is 31.3 Å². The standard InChI is InChI=1S/C13H22N2S/c1-15(8-9-16-2)11-13(10-14)12-6-4-3-5-7-12/h3-7,13H,8-11,14H2,1-2H3. The van der Waals surface area contributed by atoms with Crippen LogP contribution in [-0.2, 0) is 0 Å². The van der Waals surface area contributed by atoms with Crippen LogP contribution in [0.25, 0.3) is 0 Å². The molecule has 0 spiro atoms. The minimum atomic E-state index is 0.452. The maximum atomic E-state index is 5.85. The molecular formula is C13H22N2S. The van der Waals surface area contributed by atoms with E-state index in [1.807, 2.05) is 11.8 Å². The van der Waals surface area contributed by atoms with Crippen LogP contribution >= 0.6 is 11.8 Å². The van der Waals surface area contributed by atoms with Crippen LogP contribution in [0.1, 0.15) is 11.5 Å². The molecule has 0 aliphatic rings. The summed E-state index contributed by atoms with van der Waals surface area (Å²) in [6.07, 6.45) is 2.14. The number of nitrogens with two attached hydrogens (primary N) is 1. The van der Waals surface area contributed by atoms with E-state index in [2.05, 4.69) is 48.5 Å². The fraction of sp³-hybridized carbons (Fsp3) is 0.538. The van der Waals surface area contributed by atoms with Gasteiger partial charge in [0.1, 0.15) is 0 Å². The van der Waals surface area contributed by atoms with Gasteiger partial charge in [-0.2, -0.15) is 11.8 Å². The van der Waals surface area contributed by atoms with Gasteiger partial charge in [-0.05, 0) is 18.9 Å². The molecule has 0 amide bonds. The number of hydrogen-bond acceptors (Lipinski definition) is 3. The monoisotopic (exact) mass is 238 g/mol. The Bertz CT molecular complexity index is 277. The second-order valence-corrected chi connectivity index (χ2v) is 5.08. The van der Waals surface area contributed by atoms with Gasteiger partial charge in [0.15, 0.2) is 0 Å². The zero-order chi connectivity index (χ0) is 11.8. The molecule has 90 valence electrons. The Morgan fingerprint density at radius 1 is 1.31 bits per heavy atom. The van der Waals surface area contributed by atoms with Gasteiger partial charge >= 0.3 is 0 Å². The molecule has 0 aliphatic heterocycles. The lowest BCUT2D eigenvalue weighted by Crippen LogP contribution is -2.30. The van der Waals surface area contributed by atoms with E-state index in [4.69, 9.17) is 5.73 Å². The van der Waals surface area contributed by atoms with Crippen molar-refractivity contribution < 1.29 is 0 Å². The fourth-order valence-corrected chi connectivity index (χ4v) is 2.25. The molecule has 0 aromatic heterocycles. The van der Waals surface area contributed by atoms with Gasteiger partial charge in [0.25, 0.3) is 0 Å². The van der Waals surface area contributed by atoms with Gasteiger partial charge in [-0.1, -0.05) is 30.3 Å². The molecule has 0 radical (unpaired) electrons. The van der Waals surface area contributed by atoms with E-state index >= 15 is 0 Å². The van der Waals surface area contributed by atoms with Crippen LogP contribution < -0.4 is 5.73 Å². The lowest BCUT2D eigenvalue weighted by molar-refractivity contribution is 0.331. The van der Waals surface area contributed by atoms with Crippen LogP contribution in [0.15, 0.2) is 30.3 Å². The zero-order valence-corrected chi connectivity index (χ0v) is 11.0. The normalized spacial score (nSPS) is 13.0. The Balaban J connectivity index is 2.49. The number of hydrogen-bond donors (Lipinski definition) is 1. The van der Waals surface area contributed by atoms with Crippen molar-refractivity contribution in [2.75, 3.05) is 38.7 Å². The Hall–Kier alpha value is -0.510. The van der Waals surface area contributed by atoms with Crippen molar-refractivity contribution in [1.82, 2.24) is 4.90 Å². The van der Waals surface area contributed by atoms with Crippen molar-refractivity contribution in [3.05, 3.63) is 35.9 Å². The summed E-state index contributed by atoms with van der Waals surface area (Å²) in [5, 5.41) is 0. The maximum absolute atomic E-state index is 5.85. The van der Waals surface area contributed by atoms with E-state index < -0.39 is 0 Å². The van der Waals surface area contributed by atoms with Crippen LogP contribution in [-0.4, -0.2) is 43.6 Å². The average molecular weight is 238 g/mol. The molecule has 2 nitrogen and oxygen atoms in total. The smallest absolute Gasteiger partial charge is 0.00887 e. The molecule has 0 saturated heterocycles. The van der Waals surface area contributed by atoms with Crippen molar-refractivity contribution >= 4 is 11.8 Å². The largest absolute Gasteiger partial charge is 0.330 e. The highest BCUT2D eigenvalue weighted by Gasteiger charge is 2.11. The molecule has 1 atom stereocenters. The zero-order valence-electron chi connectivity index (χ0n) is 10.2. The molecule has 16 heavy (non-hydrogen) atoms. The third-order valence-corrected chi connectivity index (χ3v) is 3.36. The summed E-state index contributed by atoms with van der Waals surface area (Å²) in [7, 11) is 2.17. The van der Waals surface area contributed by atoms with Gasteiger partial charge in [0.2, 0.25) is 0 Å². The summed E-state index contributed by atoms with van der Waals surface area (Å²) in [5.74, 6) is 1.64. The van der Waals surface area contributed by atoms with Crippen LogP contribution in [0.2, 0.25) is 0 Å². The number of likely N-dealkylation sites (N-methyl/N-ethyl adjacent to an activating group) is 1. The van der Waals surface area contributed by atoms with Crippen LogP contribution in [0.5, 0.6) is 0 Å². The van der Waals surface area contributed by atoms with Gasteiger partial charge in [-0.3, -0.25) is 0 Å². The number of benzene rings is 1. The van der Waals surface area contributed by atoms with E-state index in [0.29, 0.717) is 12.5 Å². The van der Waals surface area contributed by atoms with Crippen molar-refractivity contribution in [2.45, 2.75) is 5.92 Å². The third kappa shape index (κ3) is 4.56. The molecular weight excluding hydrogens is 216 g/mol. The molecule has 1 aromatic rings. The Morgan fingerprint density at radius 3 is 2.56 bits per heavy atom. The summed E-state index contributed by atoms with van der Waals surface area (Å²) < 4.78 is 0. The lowest BCUT2D eigenvalue weighted by Gasteiger charge is -2.23. The molecule has 3 heteroatoms. The minimum absolute atomic E-state index is 0.452. The third-order valence-electron chi connectivity index (χ3n) is 2.76. The minimum Gasteiger partial charge on any atom is -0.330 e. The fourth-order valence-electron chi connectivity index (χ4n) is 1.76. The maximum Gasteiger partial charge on any atom is 0.00887 e. The molecule has 2 N–H and O–H groups in total. The van der Waals surface area contributed by atoms with Crippen molar-refractivity contribution in [3.63, 3.8) is 0 Å². The topological polar surface area (TPSA) is 29.3 Å². The molecule has 0 bridgehead atoms. The van der Waals surface area contributed by atoms with Gasteiger partial charge in [-0.15, -0.1) is 0 Å². The lowest BCUT2D eigenvalue weighted by atomic mass is 9.99. The number of nitrogens with zero attached hydrogens (tertiary/aromatic N) is 1. The van der Waals surface area contributed by atoms with E-state index in [-0.39, 0.29) is 0 Å². The quantitative estimate of drug-likeness (QED) is 0.788. The Kier molecular flexibility index (Phi) is 6.53. The first-order chi connectivity index (χ1) is 7.77. The van der Waals surface area contributed by atoms with Gasteiger partial charge < -0.3 is 10.6 Å². The molecule has 1 rings (SSSR count). The first kappa shape index (κ1) is 13.6. The van der Waals surface area contributed by atoms with E-state index in [9.17, 15) is 0 Å². The molecule has 0 saturated carbocycles. The summed E-state index contributed by atoms with van der Waals surface area (Å²) in [6.45, 7) is 2.89. The van der Waals surface area contributed by atoms with Crippen molar-refractivity contribution in [2.24, 2.45) is 5.73 Å².